The molecule has 2 aromatic carbocycles. The molecule has 3 N–H and O–H groups in total. The molecule has 0 spiro atoms. The zero-order chi connectivity index (χ0) is 24.2. The number of benzene rings is 2. The Morgan fingerprint density at radius 1 is 0.857 bits per heavy atom. The summed E-state index contributed by atoms with van der Waals surface area (Å²) in [6.45, 7) is 0.0589. The molecule has 1 fully saturated rings. The van der Waals surface area contributed by atoms with Crippen LogP contribution in [-0.4, -0.2) is 52.1 Å². The summed E-state index contributed by atoms with van der Waals surface area (Å²) in [5.41, 5.74) is 4.12. The smallest absolute Gasteiger partial charge is 0.306 e. The summed E-state index contributed by atoms with van der Waals surface area (Å²) in [5.74, 6) is -0.793. The number of H-pyrrole nitrogens is 2. The van der Waals surface area contributed by atoms with E-state index in [1.807, 2.05) is 60.9 Å². The fourth-order valence-corrected chi connectivity index (χ4v) is 4.57. The van der Waals surface area contributed by atoms with Crippen molar-refractivity contribution in [2.75, 3.05) is 6.61 Å². The number of esters is 2. The molecule has 35 heavy (non-hydrogen) atoms. The minimum atomic E-state index is -1.24. The number of carbonyl (C=O) groups is 2. The van der Waals surface area contributed by atoms with Crippen LogP contribution in [0.15, 0.2) is 60.9 Å². The van der Waals surface area contributed by atoms with Gasteiger partial charge in [0.2, 0.25) is 0 Å². The molecule has 0 saturated carbocycles. The van der Waals surface area contributed by atoms with Gasteiger partial charge in [0.05, 0.1) is 6.61 Å². The molecule has 8 heteroatoms. The van der Waals surface area contributed by atoms with Crippen LogP contribution in [0.2, 0.25) is 0 Å². The largest absolute Gasteiger partial charge is 0.460 e. The van der Waals surface area contributed by atoms with E-state index in [0.717, 1.165) is 32.9 Å². The van der Waals surface area contributed by atoms with Gasteiger partial charge < -0.3 is 29.3 Å². The molecular formula is C27H28N2O6. The number of aliphatic hydroxyl groups excluding tert-OH is 1. The third kappa shape index (κ3) is 5.39. The molecular weight excluding hydrogens is 448 g/mol. The van der Waals surface area contributed by atoms with Gasteiger partial charge in [0.25, 0.3) is 0 Å². The Bertz CT molecular complexity index is 1330. The molecule has 3 heterocycles. The van der Waals surface area contributed by atoms with Gasteiger partial charge in [-0.3, -0.25) is 9.59 Å². The fraction of sp³-hybridized carbons (Fsp3) is 0.333. The second-order valence-corrected chi connectivity index (χ2v) is 8.82. The molecule has 1 unspecified atom stereocenters. The highest BCUT2D eigenvalue weighted by Gasteiger charge is 2.34. The SMILES string of the molecule is O=C(CCc1c[nH]c2ccccc12)O[C@@H]1COC(O)[C@H](OC(=O)CCc2c[nH]c3ccccc23)C1. The molecule has 3 atom stereocenters. The average molecular weight is 477 g/mol. The Labute approximate surface area is 202 Å². The van der Waals surface area contributed by atoms with Crippen molar-refractivity contribution in [3.63, 3.8) is 0 Å². The van der Waals surface area contributed by atoms with Gasteiger partial charge >= 0.3 is 11.9 Å². The monoisotopic (exact) mass is 476 g/mol. The Morgan fingerprint density at radius 2 is 1.40 bits per heavy atom. The van der Waals surface area contributed by atoms with Crippen molar-refractivity contribution in [1.29, 1.82) is 0 Å². The summed E-state index contributed by atoms with van der Waals surface area (Å²) in [6, 6.07) is 15.8. The summed E-state index contributed by atoms with van der Waals surface area (Å²) in [5, 5.41) is 12.3. The molecule has 0 radical (unpaired) electrons. The molecule has 0 amide bonds. The van der Waals surface area contributed by atoms with Crippen LogP contribution in [0.25, 0.3) is 21.8 Å². The molecule has 1 aliphatic rings. The van der Waals surface area contributed by atoms with Gasteiger partial charge in [-0.2, -0.15) is 0 Å². The van der Waals surface area contributed by atoms with E-state index in [1.165, 1.54) is 0 Å². The van der Waals surface area contributed by atoms with Crippen molar-refractivity contribution in [3.05, 3.63) is 72.1 Å². The maximum atomic E-state index is 12.4. The Balaban J connectivity index is 1.10. The first-order valence-electron chi connectivity index (χ1n) is 11.9. The maximum Gasteiger partial charge on any atom is 0.306 e. The van der Waals surface area contributed by atoms with Gasteiger partial charge in [0, 0.05) is 53.5 Å². The Kier molecular flexibility index (Phi) is 6.83. The topological polar surface area (TPSA) is 114 Å². The number of aromatic amines is 2. The fourth-order valence-electron chi connectivity index (χ4n) is 4.57. The first kappa shape index (κ1) is 23.1. The standard InChI is InChI=1S/C27H28N2O6/c30-25(11-9-17-14-28-22-7-3-1-5-20(17)22)34-19-13-24(27(32)33-16-19)35-26(31)12-10-18-15-29-23-8-4-2-6-21(18)23/h1-8,14-15,19,24,27-29,32H,9-13,16H2/t19-,24+,27?/m0/s1. The summed E-state index contributed by atoms with van der Waals surface area (Å²) in [4.78, 5) is 31.3. The van der Waals surface area contributed by atoms with Crippen LogP contribution in [-0.2, 0) is 36.6 Å². The maximum absolute atomic E-state index is 12.4. The minimum absolute atomic E-state index is 0.0589. The number of hydrogen-bond donors (Lipinski definition) is 3. The predicted octanol–water partition coefficient (Wildman–Crippen LogP) is 3.78. The van der Waals surface area contributed by atoms with Crippen molar-refractivity contribution < 1.29 is 28.9 Å². The molecule has 5 rings (SSSR count). The number of aromatic nitrogens is 2. The van der Waals surface area contributed by atoms with E-state index in [-0.39, 0.29) is 31.8 Å². The zero-order valence-corrected chi connectivity index (χ0v) is 19.2. The molecule has 0 aliphatic carbocycles. The van der Waals surface area contributed by atoms with Gasteiger partial charge in [-0.1, -0.05) is 36.4 Å². The van der Waals surface area contributed by atoms with Crippen LogP contribution in [0, 0.1) is 0 Å². The normalized spacial score (nSPS) is 20.2. The third-order valence-electron chi connectivity index (χ3n) is 6.39. The van der Waals surface area contributed by atoms with Crippen LogP contribution in [0.1, 0.15) is 30.4 Å². The predicted molar refractivity (Wildman–Crippen MR) is 130 cm³/mol. The van der Waals surface area contributed by atoms with Crippen LogP contribution in [0.4, 0.5) is 0 Å². The lowest BCUT2D eigenvalue weighted by Crippen LogP contribution is -2.45. The molecule has 1 saturated heterocycles. The Hall–Kier alpha value is -3.62. The van der Waals surface area contributed by atoms with Crippen molar-refractivity contribution in [2.45, 2.75) is 50.6 Å². The van der Waals surface area contributed by atoms with E-state index in [0.29, 0.717) is 12.8 Å². The van der Waals surface area contributed by atoms with Crippen LogP contribution in [0.3, 0.4) is 0 Å². The summed E-state index contributed by atoms with van der Waals surface area (Å²) in [6.07, 6.45) is 2.73. The van der Waals surface area contributed by atoms with E-state index >= 15 is 0 Å². The number of ether oxygens (including phenoxy) is 3. The van der Waals surface area contributed by atoms with Crippen molar-refractivity contribution in [2.24, 2.45) is 0 Å². The molecule has 4 aromatic rings. The van der Waals surface area contributed by atoms with E-state index in [9.17, 15) is 14.7 Å². The van der Waals surface area contributed by atoms with E-state index in [4.69, 9.17) is 14.2 Å². The van der Waals surface area contributed by atoms with Crippen molar-refractivity contribution >= 4 is 33.7 Å². The third-order valence-corrected chi connectivity index (χ3v) is 6.39. The minimum Gasteiger partial charge on any atom is -0.460 e. The number of aliphatic hydroxyl groups is 1. The first-order valence-corrected chi connectivity index (χ1v) is 11.9. The lowest BCUT2D eigenvalue weighted by atomic mass is 10.1. The second kappa shape index (κ2) is 10.3. The van der Waals surface area contributed by atoms with Crippen LogP contribution < -0.4 is 0 Å². The number of para-hydroxylation sites is 2. The highest BCUT2D eigenvalue weighted by molar-refractivity contribution is 5.84. The molecule has 1 aliphatic heterocycles. The summed E-state index contributed by atoms with van der Waals surface area (Å²) in [7, 11) is 0. The van der Waals surface area contributed by atoms with Gasteiger partial charge in [-0.05, 0) is 36.1 Å². The number of hydrogen-bond acceptors (Lipinski definition) is 6. The van der Waals surface area contributed by atoms with E-state index in [2.05, 4.69) is 9.97 Å². The zero-order valence-electron chi connectivity index (χ0n) is 19.2. The average Bonchev–Trinajstić information content (AvgIpc) is 3.47. The molecule has 182 valence electrons. The van der Waals surface area contributed by atoms with Crippen molar-refractivity contribution in [1.82, 2.24) is 9.97 Å². The molecule has 8 nitrogen and oxygen atoms in total. The van der Waals surface area contributed by atoms with Gasteiger partial charge in [0.1, 0.15) is 6.10 Å². The number of carbonyl (C=O) groups excluding carboxylic acids is 2. The van der Waals surface area contributed by atoms with E-state index < -0.39 is 24.5 Å². The van der Waals surface area contributed by atoms with Gasteiger partial charge in [-0.15, -0.1) is 0 Å². The van der Waals surface area contributed by atoms with Crippen LogP contribution >= 0.6 is 0 Å². The highest BCUT2D eigenvalue weighted by Crippen LogP contribution is 2.23. The number of aryl methyl sites for hydroxylation is 2. The number of rotatable bonds is 8. The quantitative estimate of drug-likeness (QED) is 0.334. The number of fused-ring (bicyclic) bond motifs is 2. The van der Waals surface area contributed by atoms with Crippen molar-refractivity contribution in [3.8, 4) is 0 Å². The van der Waals surface area contributed by atoms with Crippen LogP contribution in [0.5, 0.6) is 0 Å². The number of nitrogens with one attached hydrogen (secondary N) is 2. The van der Waals surface area contributed by atoms with E-state index in [1.54, 1.807) is 0 Å². The summed E-state index contributed by atoms with van der Waals surface area (Å²) >= 11 is 0. The highest BCUT2D eigenvalue weighted by atomic mass is 16.7. The first-order chi connectivity index (χ1) is 17.1. The second-order valence-electron chi connectivity index (χ2n) is 8.82. The summed E-state index contributed by atoms with van der Waals surface area (Å²) < 4.78 is 16.3. The lowest BCUT2D eigenvalue weighted by Gasteiger charge is -2.32. The van der Waals surface area contributed by atoms with Gasteiger partial charge in [0.15, 0.2) is 12.4 Å². The molecule has 0 bridgehead atoms. The lowest BCUT2D eigenvalue weighted by molar-refractivity contribution is -0.230. The molecule has 2 aromatic heterocycles. The van der Waals surface area contributed by atoms with Gasteiger partial charge in [-0.25, -0.2) is 0 Å². The Morgan fingerprint density at radius 3 is 2.00 bits per heavy atom.